The standard InChI is InChI=1S/C19H21N3O3/c1-14(7-8-15-9-10-17-18(11-15)25-13-24-17)21-22-19(23)12-20-16-5-3-2-4-6-16/h2-6,9-11,20H,7-8,12-13H2,1H3,(H,22,23)/b21-14+. The molecule has 0 aromatic heterocycles. The van der Waals surface area contributed by atoms with E-state index >= 15 is 0 Å². The summed E-state index contributed by atoms with van der Waals surface area (Å²) in [4.78, 5) is 11.8. The Balaban J connectivity index is 1.41. The molecule has 3 rings (SSSR count). The zero-order valence-electron chi connectivity index (χ0n) is 14.1. The van der Waals surface area contributed by atoms with Crippen LogP contribution < -0.4 is 20.2 Å². The van der Waals surface area contributed by atoms with E-state index in [4.69, 9.17) is 9.47 Å². The largest absolute Gasteiger partial charge is 0.454 e. The molecule has 1 aliphatic heterocycles. The number of aryl methyl sites for hydroxylation is 1. The van der Waals surface area contributed by atoms with Gasteiger partial charge in [0, 0.05) is 11.4 Å². The van der Waals surface area contributed by atoms with Gasteiger partial charge >= 0.3 is 0 Å². The molecule has 2 N–H and O–H groups in total. The molecule has 0 fully saturated rings. The highest BCUT2D eigenvalue weighted by Crippen LogP contribution is 2.32. The minimum absolute atomic E-state index is 0.175. The van der Waals surface area contributed by atoms with Gasteiger partial charge in [0.25, 0.3) is 5.91 Å². The summed E-state index contributed by atoms with van der Waals surface area (Å²) >= 11 is 0. The molecule has 0 saturated heterocycles. The molecule has 1 aliphatic rings. The van der Waals surface area contributed by atoms with Crippen molar-refractivity contribution in [2.75, 3.05) is 18.7 Å². The van der Waals surface area contributed by atoms with Gasteiger partial charge in [-0.1, -0.05) is 24.3 Å². The van der Waals surface area contributed by atoms with Crippen molar-refractivity contribution in [1.82, 2.24) is 5.43 Å². The fourth-order valence-corrected chi connectivity index (χ4v) is 2.41. The lowest BCUT2D eigenvalue weighted by Gasteiger charge is -2.06. The third-order valence-electron chi connectivity index (χ3n) is 3.81. The smallest absolute Gasteiger partial charge is 0.259 e. The van der Waals surface area contributed by atoms with Crippen LogP contribution >= 0.6 is 0 Å². The summed E-state index contributed by atoms with van der Waals surface area (Å²) in [5, 5.41) is 7.19. The Morgan fingerprint density at radius 1 is 1.12 bits per heavy atom. The number of nitrogens with one attached hydrogen (secondary N) is 2. The maximum Gasteiger partial charge on any atom is 0.259 e. The molecule has 0 bridgehead atoms. The minimum Gasteiger partial charge on any atom is -0.454 e. The van der Waals surface area contributed by atoms with Gasteiger partial charge in [-0.3, -0.25) is 4.79 Å². The van der Waals surface area contributed by atoms with Gasteiger partial charge < -0.3 is 14.8 Å². The number of hydrogen-bond acceptors (Lipinski definition) is 5. The van der Waals surface area contributed by atoms with Gasteiger partial charge in [0.05, 0.1) is 6.54 Å². The summed E-state index contributed by atoms with van der Waals surface area (Å²) in [6.45, 7) is 2.36. The average molecular weight is 339 g/mol. The van der Waals surface area contributed by atoms with Crippen LogP contribution in [0.5, 0.6) is 11.5 Å². The molecule has 1 heterocycles. The molecule has 0 radical (unpaired) electrons. The SMILES string of the molecule is C/C(CCc1ccc2c(c1)OCO2)=N\NC(=O)CNc1ccccc1. The first-order valence-electron chi connectivity index (χ1n) is 8.20. The van der Waals surface area contributed by atoms with Crippen LogP contribution in [0.25, 0.3) is 0 Å². The van der Waals surface area contributed by atoms with E-state index in [1.165, 1.54) is 0 Å². The zero-order valence-corrected chi connectivity index (χ0v) is 14.1. The topological polar surface area (TPSA) is 72.0 Å². The lowest BCUT2D eigenvalue weighted by molar-refractivity contribution is -0.119. The maximum absolute atomic E-state index is 11.8. The van der Waals surface area contributed by atoms with E-state index in [0.29, 0.717) is 0 Å². The molecule has 25 heavy (non-hydrogen) atoms. The van der Waals surface area contributed by atoms with Gasteiger partial charge in [-0.05, 0) is 49.6 Å². The number of nitrogens with zero attached hydrogens (tertiary/aromatic N) is 1. The molecule has 6 heteroatoms. The van der Waals surface area contributed by atoms with Crippen molar-refractivity contribution in [2.45, 2.75) is 19.8 Å². The number of carbonyl (C=O) groups is 1. The summed E-state index contributed by atoms with van der Waals surface area (Å²) in [6.07, 6.45) is 1.58. The molecule has 130 valence electrons. The van der Waals surface area contributed by atoms with Crippen molar-refractivity contribution in [3.05, 3.63) is 54.1 Å². The number of ether oxygens (including phenoxy) is 2. The first-order valence-corrected chi connectivity index (χ1v) is 8.20. The first-order chi connectivity index (χ1) is 12.2. The third kappa shape index (κ3) is 4.97. The Hall–Kier alpha value is -3.02. The van der Waals surface area contributed by atoms with Crippen molar-refractivity contribution < 1.29 is 14.3 Å². The number of anilines is 1. The van der Waals surface area contributed by atoms with Crippen molar-refractivity contribution in [3.8, 4) is 11.5 Å². The van der Waals surface area contributed by atoms with Crippen molar-refractivity contribution in [1.29, 1.82) is 0 Å². The molecule has 2 aromatic carbocycles. The molecule has 2 aromatic rings. The predicted molar refractivity (Wildman–Crippen MR) is 97.1 cm³/mol. The average Bonchev–Trinajstić information content (AvgIpc) is 3.11. The Kier molecular flexibility index (Phi) is 5.51. The molecule has 0 unspecified atom stereocenters. The number of benzene rings is 2. The number of hydrazone groups is 1. The quantitative estimate of drug-likeness (QED) is 0.601. The van der Waals surface area contributed by atoms with Gasteiger partial charge in [-0.2, -0.15) is 5.10 Å². The number of hydrogen-bond donors (Lipinski definition) is 2. The normalized spacial score (nSPS) is 12.8. The molecule has 6 nitrogen and oxygen atoms in total. The van der Waals surface area contributed by atoms with Crippen LogP contribution in [0.3, 0.4) is 0 Å². The Morgan fingerprint density at radius 3 is 2.76 bits per heavy atom. The Labute approximate surface area is 146 Å². The third-order valence-corrected chi connectivity index (χ3v) is 3.81. The fourth-order valence-electron chi connectivity index (χ4n) is 2.41. The Bertz CT molecular complexity index is 760. The number of fused-ring (bicyclic) bond motifs is 1. The van der Waals surface area contributed by atoms with Gasteiger partial charge in [0.15, 0.2) is 11.5 Å². The summed E-state index contributed by atoms with van der Waals surface area (Å²) < 4.78 is 10.7. The van der Waals surface area contributed by atoms with E-state index in [2.05, 4.69) is 15.8 Å². The number of carbonyl (C=O) groups excluding carboxylic acids is 1. The molecular formula is C19H21N3O3. The number of amides is 1. The van der Waals surface area contributed by atoms with E-state index in [9.17, 15) is 4.79 Å². The molecule has 0 saturated carbocycles. The predicted octanol–water partition coefficient (Wildman–Crippen LogP) is 2.95. The summed E-state index contributed by atoms with van der Waals surface area (Å²) in [7, 11) is 0. The van der Waals surface area contributed by atoms with Crippen LogP contribution in [-0.4, -0.2) is 25.0 Å². The summed E-state index contributed by atoms with van der Waals surface area (Å²) in [5.74, 6) is 1.39. The highest BCUT2D eigenvalue weighted by Gasteiger charge is 2.13. The van der Waals surface area contributed by atoms with Gasteiger partial charge in [0.1, 0.15) is 0 Å². The fraction of sp³-hybridized carbons (Fsp3) is 0.263. The summed E-state index contributed by atoms with van der Waals surface area (Å²) in [6, 6.07) is 15.5. The van der Waals surface area contributed by atoms with Crippen molar-refractivity contribution in [3.63, 3.8) is 0 Å². The van der Waals surface area contributed by atoms with Crippen molar-refractivity contribution >= 4 is 17.3 Å². The van der Waals surface area contributed by atoms with E-state index in [1.54, 1.807) is 0 Å². The number of rotatable bonds is 7. The van der Waals surface area contributed by atoms with Gasteiger partial charge in [-0.15, -0.1) is 0 Å². The highest BCUT2D eigenvalue weighted by molar-refractivity contribution is 5.85. The maximum atomic E-state index is 11.8. The van der Waals surface area contributed by atoms with Crippen LogP contribution in [0.15, 0.2) is 53.6 Å². The monoisotopic (exact) mass is 339 g/mol. The Morgan fingerprint density at radius 2 is 1.92 bits per heavy atom. The highest BCUT2D eigenvalue weighted by atomic mass is 16.7. The van der Waals surface area contributed by atoms with Crippen LogP contribution in [0.2, 0.25) is 0 Å². The van der Waals surface area contributed by atoms with E-state index in [1.807, 2.05) is 55.5 Å². The zero-order chi connectivity index (χ0) is 17.5. The summed E-state index contributed by atoms with van der Waals surface area (Å²) in [5.41, 5.74) is 5.49. The van der Waals surface area contributed by atoms with Crippen LogP contribution in [-0.2, 0) is 11.2 Å². The lowest BCUT2D eigenvalue weighted by atomic mass is 10.1. The minimum atomic E-state index is -0.175. The lowest BCUT2D eigenvalue weighted by Crippen LogP contribution is -2.26. The van der Waals surface area contributed by atoms with E-state index in [-0.39, 0.29) is 19.2 Å². The molecule has 0 spiro atoms. The molecular weight excluding hydrogens is 318 g/mol. The van der Waals surface area contributed by atoms with Crippen LogP contribution in [0.4, 0.5) is 5.69 Å². The van der Waals surface area contributed by atoms with Crippen molar-refractivity contribution in [2.24, 2.45) is 5.10 Å². The molecule has 0 aliphatic carbocycles. The second kappa shape index (κ2) is 8.19. The molecule has 1 amide bonds. The second-order valence-corrected chi connectivity index (χ2v) is 5.79. The van der Waals surface area contributed by atoms with Crippen LogP contribution in [0, 0.1) is 0 Å². The van der Waals surface area contributed by atoms with Gasteiger partial charge in [0.2, 0.25) is 6.79 Å². The van der Waals surface area contributed by atoms with Gasteiger partial charge in [-0.25, -0.2) is 5.43 Å². The van der Waals surface area contributed by atoms with Crippen LogP contribution in [0.1, 0.15) is 18.9 Å². The first kappa shape index (κ1) is 16.8. The van der Waals surface area contributed by atoms with E-state index < -0.39 is 0 Å². The van der Waals surface area contributed by atoms with E-state index in [0.717, 1.165) is 41.3 Å². The second-order valence-electron chi connectivity index (χ2n) is 5.79. The number of para-hydroxylation sites is 1. The molecule has 0 atom stereocenters.